The average Bonchev–Trinajstić information content (AvgIpc) is 2.90. The molecule has 116 valence electrons. The third-order valence-corrected chi connectivity index (χ3v) is 8.30. The summed E-state index contributed by atoms with van der Waals surface area (Å²) in [6.07, 6.45) is 8.90. The first kappa shape index (κ1) is 13.7. The number of hydrogen-bond acceptors (Lipinski definition) is 2. The molecule has 2 atom stereocenters. The second-order valence-corrected chi connectivity index (χ2v) is 9.45. The molecule has 0 saturated heterocycles. The quantitative estimate of drug-likeness (QED) is 0.704. The van der Waals surface area contributed by atoms with Crippen molar-refractivity contribution in [2.45, 2.75) is 56.7 Å². The van der Waals surface area contributed by atoms with Crippen LogP contribution in [0.15, 0.2) is 35.3 Å². The molecule has 1 aromatic rings. The lowest BCUT2D eigenvalue weighted by Gasteiger charge is -2.56. The maximum Gasteiger partial charge on any atom is 0.0748 e. The van der Waals surface area contributed by atoms with E-state index in [9.17, 15) is 0 Å². The SMILES string of the molecule is CC1N=C(C23CC4CC(CC(C4)C2)C3)SC1c1ccccc1. The molecule has 0 aromatic heterocycles. The highest BCUT2D eigenvalue weighted by atomic mass is 32.2. The molecule has 0 spiro atoms. The molecule has 4 bridgehead atoms. The summed E-state index contributed by atoms with van der Waals surface area (Å²) in [5.74, 6) is 3.04. The molecule has 0 radical (unpaired) electrons. The molecular weight excluding hydrogens is 286 g/mol. The first-order chi connectivity index (χ1) is 10.7. The fraction of sp³-hybridized carbons (Fsp3) is 0.650. The average molecular weight is 311 g/mol. The standard InChI is InChI=1S/C20H25NS/c1-13-18(17-5-3-2-4-6-17)22-19(21-13)20-10-14-7-15(11-20)9-16(8-14)12-20/h2-6,13-16,18H,7-12H2,1H3. The van der Waals surface area contributed by atoms with Gasteiger partial charge in [-0.05, 0) is 68.8 Å². The Balaban J connectivity index is 1.44. The summed E-state index contributed by atoms with van der Waals surface area (Å²) in [4.78, 5) is 5.22. The van der Waals surface area contributed by atoms with Gasteiger partial charge in [-0.15, -0.1) is 11.8 Å². The van der Waals surface area contributed by atoms with Gasteiger partial charge < -0.3 is 0 Å². The van der Waals surface area contributed by atoms with Crippen molar-refractivity contribution < 1.29 is 0 Å². The highest BCUT2D eigenvalue weighted by Crippen LogP contribution is 2.63. The number of hydrogen-bond donors (Lipinski definition) is 0. The summed E-state index contributed by atoms with van der Waals surface area (Å²) in [7, 11) is 0. The van der Waals surface area contributed by atoms with Crippen LogP contribution in [0.4, 0.5) is 0 Å². The molecular formula is C20H25NS. The predicted molar refractivity (Wildman–Crippen MR) is 94.3 cm³/mol. The van der Waals surface area contributed by atoms with Gasteiger partial charge in [0.25, 0.3) is 0 Å². The van der Waals surface area contributed by atoms with Gasteiger partial charge in [0, 0.05) is 5.41 Å². The van der Waals surface area contributed by atoms with E-state index in [2.05, 4.69) is 49.0 Å². The van der Waals surface area contributed by atoms with Crippen molar-refractivity contribution >= 4 is 16.8 Å². The van der Waals surface area contributed by atoms with Crippen LogP contribution in [0.5, 0.6) is 0 Å². The van der Waals surface area contributed by atoms with Gasteiger partial charge >= 0.3 is 0 Å². The Morgan fingerprint density at radius 1 is 0.955 bits per heavy atom. The molecule has 0 amide bonds. The summed E-state index contributed by atoms with van der Waals surface area (Å²) in [6, 6.07) is 11.5. The lowest BCUT2D eigenvalue weighted by Crippen LogP contribution is -2.49. The third-order valence-electron chi connectivity index (χ3n) is 6.62. The zero-order chi connectivity index (χ0) is 14.7. The minimum Gasteiger partial charge on any atom is -0.278 e. The van der Waals surface area contributed by atoms with Crippen molar-refractivity contribution in [3.8, 4) is 0 Å². The van der Waals surface area contributed by atoms with E-state index in [-0.39, 0.29) is 0 Å². The van der Waals surface area contributed by atoms with E-state index in [1.54, 1.807) is 0 Å². The van der Waals surface area contributed by atoms with E-state index in [0.29, 0.717) is 16.7 Å². The zero-order valence-corrected chi connectivity index (χ0v) is 14.2. The maximum absolute atomic E-state index is 5.22. The number of rotatable bonds is 2. The van der Waals surface area contributed by atoms with E-state index in [4.69, 9.17) is 4.99 Å². The second kappa shape index (κ2) is 4.87. The molecule has 0 N–H and O–H groups in total. The summed E-state index contributed by atoms with van der Waals surface area (Å²) < 4.78 is 0. The van der Waals surface area contributed by atoms with Gasteiger partial charge in [-0.3, -0.25) is 4.99 Å². The summed E-state index contributed by atoms with van der Waals surface area (Å²) in [6.45, 7) is 2.32. The molecule has 4 aliphatic carbocycles. The first-order valence-corrected chi connectivity index (χ1v) is 9.90. The van der Waals surface area contributed by atoms with Crippen molar-refractivity contribution in [3.63, 3.8) is 0 Å². The third kappa shape index (κ3) is 2.02. The first-order valence-electron chi connectivity index (χ1n) is 9.02. The highest BCUT2D eigenvalue weighted by molar-refractivity contribution is 8.14. The Bertz CT molecular complexity index is 570. The van der Waals surface area contributed by atoms with Gasteiger partial charge in [0.2, 0.25) is 0 Å². The van der Waals surface area contributed by atoms with Gasteiger partial charge in [0.15, 0.2) is 0 Å². The minimum atomic E-state index is 0.440. The fourth-order valence-electron chi connectivity index (χ4n) is 6.13. The van der Waals surface area contributed by atoms with Crippen molar-refractivity contribution in [1.82, 2.24) is 0 Å². The Morgan fingerprint density at radius 3 is 2.14 bits per heavy atom. The molecule has 1 aliphatic heterocycles. The molecule has 4 fully saturated rings. The van der Waals surface area contributed by atoms with E-state index in [1.165, 1.54) is 49.1 Å². The Kier molecular flexibility index (Phi) is 3.02. The molecule has 1 aromatic carbocycles. The molecule has 6 rings (SSSR count). The van der Waals surface area contributed by atoms with Gasteiger partial charge in [0.1, 0.15) is 0 Å². The van der Waals surface area contributed by atoms with Crippen molar-refractivity contribution in [1.29, 1.82) is 0 Å². The van der Waals surface area contributed by atoms with Crippen molar-refractivity contribution in [2.24, 2.45) is 28.2 Å². The molecule has 22 heavy (non-hydrogen) atoms. The zero-order valence-electron chi connectivity index (χ0n) is 13.4. The molecule has 1 heterocycles. The summed E-state index contributed by atoms with van der Waals surface area (Å²) in [5.41, 5.74) is 1.94. The molecule has 4 saturated carbocycles. The fourth-order valence-corrected chi connectivity index (χ4v) is 7.64. The topological polar surface area (TPSA) is 12.4 Å². The molecule has 2 heteroatoms. The van der Waals surface area contributed by atoms with Crippen LogP contribution in [0.2, 0.25) is 0 Å². The lowest BCUT2D eigenvalue weighted by molar-refractivity contribution is -0.0106. The van der Waals surface area contributed by atoms with Crippen LogP contribution in [-0.2, 0) is 0 Å². The van der Waals surface area contributed by atoms with Gasteiger partial charge in [0.05, 0.1) is 16.3 Å². The van der Waals surface area contributed by atoms with E-state index >= 15 is 0 Å². The van der Waals surface area contributed by atoms with E-state index < -0.39 is 0 Å². The van der Waals surface area contributed by atoms with Gasteiger partial charge in [-0.25, -0.2) is 0 Å². The summed E-state index contributed by atoms with van der Waals surface area (Å²) >= 11 is 2.11. The van der Waals surface area contributed by atoms with Crippen LogP contribution < -0.4 is 0 Å². The predicted octanol–water partition coefficient (Wildman–Crippen LogP) is 5.48. The van der Waals surface area contributed by atoms with Crippen LogP contribution in [0.25, 0.3) is 0 Å². The molecule has 2 unspecified atom stereocenters. The maximum atomic E-state index is 5.22. The number of aliphatic imine (C=N–C) groups is 1. The minimum absolute atomic E-state index is 0.440. The van der Waals surface area contributed by atoms with Crippen LogP contribution in [-0.4, -0.2) is 11.1 Å². The van der Waals surface area contributed by atoms with E-state index in [1.807, 2.05) is 0 Å². The van der Waals surface area contributed by atoms with Gasteiger partial charge in [-0.2, -0.15) is 0 Å². The Hall–Kier alpha value is -0.760. The van der Waals surface area contributed by atoms with Crippen LogP contribution in [0.1, 0.15) is 56.3 Å². The number of nitrogens with zero attached hydrogens (tertiary/aromatic N) is 1. The van der Waals surface area contributed by atoms with Gasteiger partial charge in [-0.1, -0.05) is 30.3 Å². The largest absolute Gasteiger partial charge is 0.278 e. The normalized spacial score (nSPS) is 46.0. The molecule has 5 aliphatic rings. The monoisotopic (exact) mass is 311 g/mol. The Morgan fingerprint density at radius 2 is 1.55 bits per heavy atom. The molecule has 1 nitrogen and oxygen atoms in total. The van der Waals surface area contributed by atoms with Crippen LogP contribution in [0, 0.1) is 23.2 Å². The second-order valence-electron chi connectivity index (χ2n) is 8.32. The Labute approximate surface area is 138 Å². The lowest BCUT2D eigenvalue weighted by atomic mass is 9.50. The number of benzene rings is 1. The van der Waals surface area contributed by atoms with Crippen molar-refractivity contribution in [3.05, 3.63) is 35.9 Å². The smallest absolute Gasteiger partial charge is 0.0748 e. The van der Waals surface area contributed by atoms with Crippen LogP contribution >= 0.6 is 11.8 Å². The number of thioether (sulfide) groups is 1. The summed E-state index contributed by atoms with van der Waals surface area (Å²) in [5, 5.41) is 2.08. The van der Waals surface area contributed by atoms with E-state index in [0.717, 1.165) is 17.8 Å². The van der Waals surface area contributed by atoms with Crippen LogP contribution in [0.3, 0.4) is 0 Å². The highest BCUT2D eigenvalue weighted by Gasteiger charge is 2.54. The van der Waals surface area contributed by atoms with Crippen molar-refractivity contribution in [2.75, 3.05) is 0 Å².